The quantitative estimate of drug-likeness (QED) is 0.630. The molecule has 0 aromatic heterocycles. The predicted molar refractivity (Wildman–Crippen MR) is 48.9 cm³/mol. The molecule has 2 nitrogen and oxygen atoms in total. The summed E-state index contributed by atoms with van der Waals surface area (Å²) in [5.74, 6) is 2.31. The van der Waals surface area contributed by atoms with Crippen LogP contribution in [-0.2, 0) is 0 Å². The highest BCUT2D eigenvalue weighted by molar-refractivity contribution is 4.79. The normalized spacial score (nSPS) is 32.5. The first-order valence-corrected chi connectivity index (χ1v) is 5.08. The fourth-order valence-electron chi connectivity index (χ4n) is 2.28. The summed E-state index contributed by atoms with van der Waals surface area (Å²) >= 11 is 0. The molecule has 0 amide bonds. The van der Waals surface area contributed by atoms with Gasteiger partial charge in [-0.15, -0.1) is 0 Å². The molecule has 0 aromatic rings. The van der Waals surface area contributed by atoms with Crippen molar-refractivity contribution in [1.29, 1.82) is 0 Å². The van der Waals surface area contributed by atoms with Crippen LogP contribution >= 0.6 is 0 Å². The first-order valence-electron chi connectivity index (χ1n) is 5.08. The van der Waals surface area contributed by atoms with E-state index in [0.29, 0.717) is 0 Å². The molecule has 0 radical (unpaired) electrons. The monoisotopic (exact) mass is 172 g/mol. The Bertz CT molecular complexity index is 81.4. The van der Waals surface area contributed by atoms with Gasteiger partial charge in [-0.1, -0.05) is 38.5 Å². The van der Waals surface area contributed by atoms with Crippen LogP contribution in [0.5, 0.6) is 0 Å². The molecule has 3 aliphatic rings. The smallest absolute Gasteiger partial charge is 0.0662 e. The van der Waals surface area contributed by atoms with Crippen LogP contribution in [0.25, 0.3) is 0 Å². The molecule has 0 saturated heterocycles. The van der Waals surface area contributed by atoms with Gasteiger partial charge in [0.25, 0.3) is 0 Å². The van der Waals surface area contributed by atoms with Crippen molar-refractivity contribution in [3.63, 3.8) is 0 Å². The lowest BCUT2D eigenvalue weighted by molar-refractivity contribution is 0.176. The summed E-state index contributed by atoms with van der Waals surface area (Å²) in [7, 11) is 0. The topological polar surface area (TPSA) is 40.5 Å². The van der Waals surface area contributed by atoms with Gasteiger partial charge in [-0.25, -0.2) is 0 Å². The van der Waals surface area contributed by atoms with Gasteiger partial charge < -0.3 is 10.2 Å². The van der Waals surface area contributed by atoms with Crippen LogP contribution in [0.2, 0.25) is 0 Å². The molecule has 2 N–H and O–H groups in total. The van der Waals surface area contributed by atoms with Gasteiger partial charge in [0.15, 0.2) is 0 Å². The average molecular weight is 172 g/mol. The van der Waals surface area contributed by atoms with Crippen LogP contribution < -0.4 is 0 Å². The first kappa shape index (κ1) is 10.0. The second kappa shape index (κ2) is 5.55. The maximum Gasteiger partial charge on any atom is 0.0662 e. The third-order valence-electron chi connectivity index (χ3n) is 3.05. The molecule has 12 heavy (non-hydrogen) atoms. The Labute approximate surface area is 74.6 Å². The summed E-state index contributed by atoms with van der Waals surface area (Å²) in [6.07, 6.45) is 9.36. The molecule has 3 aliphatic carbocycles. The van der Waals surface area contributed by atoms with Crippen LogP contribution in [0.3, 0.4) is 0 Å². The Kier molecular flexibility index (Phi) is 4.62. The largest absolute Gasteiger partial charge is 0.394 e. The third kappa shape index (κ3) is 3.11. The van der Waals surface area contributed by atoms with E-state index in [1.165, 1.54) is 0 Å². The van der Waals surface area contributed by atoms with Gasteiger partial charge in [-0.05, 0) is 11.8 Å². The molecule has 72 valence electrons. The fraction of sp³-hybridized carbons (Fsp3) is 1.00. The summed E-state index contributed by atoms with van der Waals surface area (Å²) in [5.41, 5.74) is 0. The molecular weight excluding hydrogens is 152 g/mol. The molecule has 3 rings (SSSR count). The summed E-state index contributed by atoms with van der Waals surface area (Å²) in [4.78, 5) is 0. The Morgan fingerprint density at radius 1 is 0.667 bits per heavy atom. The van der Waals surface area contributed by atoms with E-state index >= 15 is 0 Å². The molecule has 0 aromatic carbocycles. The SMILES string of the molecule is C1CC2CCC1CC2.OCCO. The third-order valence-corrected chi connectivity index (χ3v) is 3.05. The molecule has 0 unspecified atom stereocenters. The summed E-state index contributed by atoms with van der Waals surface area (Å²) in [6.45, 7) is -0.250. The minimum absolute atomic E-state index is 0.125. The number of hydrogen-bond acceptors (Lipinski definition) is 2. The highest BCUT2D eigenvalue weighted by Gasteiger charge is 2.26. The van der Waals surface area contributed by atoms with Crippen LogP contribution in [0, 0.1) is 11.8 Å². The molecule has 3 saturated carbocycles. The lowest BCUT2D eigenvalue weighted by atomic mass is 9.71. The highest BCUT2D eigenvalue weighted by atomic mass is 16.3. The Hall–Kier alpha value is -0.0800. The van der Waals surface area contributed by atoms with Gasteiger partial charge in [-0.2, -0.15) is 0 Å². The van der Waals surface area contributed by atoms with E-state index in [1.54, 1.807) is 38.5 Å². The summed E-state index contributed by atoms with van der Waals surface area (Å²) < 4.78 is 0. The van der Waals surface area contributed by atoms with Crippen LogP contribution in [-0.4, -0.2) is 23.4 Å². The molecule has 3 fully saturated rings. The predicted octanol–water partition coefficient (Wildman–Crippen LogP) is 1.56. The number of rotatable bonds is 1. The minimum Gasteiger partial charge on any atom is -0.394 e. The van der Waals surface area contributed by atoms with E-state index in [0.717, 1.165) is 11.8 Å². The number of fused-ring (bicyclic) bond motifs is 3. The van der Waals surface area contributed by atoms with Crippen molar-refractivity contribution >= 4 is 0 Å². The number of hydrogen-bond donors (Lipinski definition) is 2. The highest BCUT2D eigenvalue weighted by Crippen LogP contribution is 2.40. The van der Waals surface area contributed by atoms with E-state index in [4.69, 9.17) is 10.2 Å². The van der Waals surface area contributed by atoms with Crippen molar-refractivity contribution in [3.8, 4) is 0 Å². The molecule has 2 heteroatoms. The summed E-state index contributed by atoms with van der Waals surface area (Å²) in [6, 6.07) is 0. The maximum absolute atomic E-state index is 7.62. The molecule has 0 atom stereocenters. The van der Waals surface area contributed by atoms with Crippen molar-refractivity contribution in [2.75, 3.05) is 13.2 Å². The lowest BCUT2D eigenvalue weighted by Crippen LogP contribution is -2.21. The van der Waals surface area contributed by atoms with Crippen LogP contribution in [0.15, 0.2) is 0 Å². The maximum atomic E-state index is 7.62. The van der Waals surface area contributed by atoms with Crippen molar-refractivity contribution in [3.05, 3.63) is 0 Å². The van der Waals surface area contributed by atoms with Crippen molar-refractivity contribution in [1.82, 2.24) is 0 Å². The van der Waals surface area contributed by atoms with E-state index in [9.17, 15) is 0 Å². The number of aliphatic hydroxyl groups is 2. The van der Waals surface area contributed by atoms with Crippen molar-refractivity contribution in [2.24, 2.45) is 11.8 Å². The Morgan fingerprint density at radius 2 is 0.917 bits per heavy atom. The zero-order valence-corrected chi connectivity index (χ0v) is 7.71. The molecular formula is C10H20O2. The molecule has 2 bridgehead atoms. The second-order valence-electron chi connectivity index (χ2n) is 3.91. The van der Waals surface area contributed by atoms with Gasteiger partial charge >= 0.3 is 0 Å². The lowest BCUT2D eigenvalue weighted by Gasteiger charge is -2.35. The summed E-state index contributed by atoms with van der Waals surface area (Å²) in [5, 5.41) is 15.2. The zero-order chi connectivity index (χ0) is 8.81. The minimum atomic E-state index is -0.125. The van der Waals surface area contributed by atoms with Gasteiger partial charge in [0, 0.05) is 0 Å². The van der Waals surface area contributed by atoms with Gasteiger partial charge in [0.2, 0.25) is 0 Å². The Morgan fingerprint density at radius 3 is 1.00 bits per heavy atom. The molecule has 0 spiro atoms. The van der Waals surface area contributed by atoms with Gasteiger partial charge in [-0.3, -0.25) is 0 Å². The van der Waals surface area contributed by atoms with Crippen molar-refractivity contribution in [2.45, 2.75) is 38.5 Å². The first-order chi connectivity index (χ1) is 5.86. The van der Waals surface area contributed by atoms with E-state index in [1.807, 2.05) is 0 Å². The second-order valence-corrected chi connectivity index (χ2v) is 3.91. The number of aliphatic hydroxyl groups excluding tert-OH is 2. The fourth-order valence-corrected chi connectivity index (χ4v) is 2.28. The average Bonchev–Trinajstić information content (AvgIpc) is 2.21. The molecule has 0 aliphatic heterocycles. The van der Waals surface area contributed by atoms with Gasteiger partial charge in [0.1, 0.15) is 0 Å². The van der Waals surface area contributed by atoms with E-state index in [-0.39, 0.29) is 13.2 Å². The Balaban J connectivity index is 0.000000157. The standard InChI is InChI=1S/C8H14.C2H6O2/c1-2-8-5-3-7(1)4-6-8;3-1-2-4/h7-8H,1-6H2;3-4H,1-2H2. The van der Waals surface area contributed by atoms with Crippen molar-refractivity contribution < 1.29 is 10.2 Å². The van der Waals surface area contributed by atoms with E-state index in [2.05, 4.69) is 0 Å². The van der Waals surface area contributed by atoms with Gasteiger partial charge in [0.05, 0.1) is 13.2 Å². The van der Waals surface area contributed by atoms with E-state index < -0.39 is 0 Å². The van der Waals surface area contributed by atoms with Crippen LogP contribution in [0.1, 0.15) is 38.5 Å². The molecule has 0 heterocycles. The van der Waals surface area contributed by atoms with Crippen LogP contribution in [0.4, 0.5) is 0 Å². The zero-order valence-electron chi connectivity index (χ0n) is 7.71.